The molecule has 2 fully saturated rings. The number of halogens is 1. The number of rotatable bonds is 1. The van der Waals surface area contributed by atoms with E-state index < -0.39 is 5.67 Å². The first kappa shape index (κ1) is 9.41. The molecule has 2 aliphatic heterocycles. The molecular weight excluding hydrogens is 167 g/mol. The molecule has 0 saturated carbocycles. The first-order chi connectivity index (χ1) is 6.21. The summed E-state index contributed by atoms with van der Waals surface area (Å²) in [6, 6.07) is 0.595. The molecule has 76 valence electrons. The molecule has 2 N–H and O–H groups in total. The summed E-state index contributed by atoms with van der Waals surface area (Å²) >= 11 is 0. The van der Waals surface area contributed by atoms with Gasteiger partial charge in [0.2, 0.25) is 0 Å². The Morgan fingerprint density at radius 1 is 1.31 bits per heavy atom. The van der Waals surface area contributed by atoms with Crippen LogP contribution in [-0.4, -0.2) is 30.8 Å². The van der Waals surface area contributed by atoms with Gasteiger partial charge in [-0.2, -0.15) is 0 Å². The summed E-state index contributed by atoms with van der Waals surface area (Å²) in [6.07, 6.45) is 3.83. The summed E-state index contributed by atoms with van der Waals surface area (Å²) in [6.45, 7) is 3.65. The first-order valence-electron chi connectivity index (χ1n) is 5.36. The molecule has 2 nitrogen and oxygen atoms in total. The molecule has 0 aliphatic carbocycles. The number of piperidine rings is 1. The Bertz CT molecular complexity index is 170. The highest BCUT2D eigenvalue weighted by atomic mass is 19.1. The highest BCUT2D eigenvalue weighted by molar-refractivity contribution is 4.99. The Hall–Kier alpha value is -0.150. The van der Waals surface area contributed by atoms with Gasteiger partial charge in [0, 0.05) is 18.6 Å². The van der Waals surface area contributed by atoms with Crippen molar-refractivity contribution in [3.05, 3.63) is 0 Å². The Morgan fingerprint density at radius 3 is 2.69 bits per heavy atom. The van der Waals surface area contributed by atoms with Crippen LogP contribution in [0.25, 0.3) is 0 Å². The fourth-order valence-electron chi connectivity index (χ4n) is 2.41. The van der Waals surface area contributed by atoms with Crippen LogP contribution in [0.2, 0.25) is 0 Å². The summed E-state index contributed by atoms with van der Waals surface area (Å²) < 4.78 is 14.3. The second kappa shape index (κ2) is 3.54. The lowest BCUT2D eigenvalue weighted by Gasteiger charge is -2.37. The standard InChI is InChI=1S/C10H19FN2/c1-8-4-5-10(11,7-13-8)9-3-2-6-12-9/h8-9,12-13H,2-7H2,1H3. The Kier molecular flexibility index (Phi) is 2.56. The summed E-state index contributed by atoms with van der Waals surface area (Å²) in [7, 11) is 0. The zero-order chi connectivity index (χ0) is 9.31. The first-order valence-corrected chi connectivity index (χ1v) is 5.36. The Balaban J connectivity index is 1.95. The molecule has 0 amide bonds. The molecule has 2 aliphatic rings. The van der Waals surface area contributed by atoms with Crippen molar-refractivity contribution >= 4 is 0 Å². The Morgan fingerprint density at radius 2 is 2.15 bits per heavy atom. The largest absolute Gasteiger partial charge is 0.311 e. The van der Waals surface area contributed by atoms with Crippen LogP contribution >= 0.6 is 0 Å². The van der Waals surface area contributed by atoms with Gasteiger partial charge < -0.3 is 10.6 Å². The maximum absolute atomic E-state index is 14.3. The van der Waals surface area contributed by atoms with Crippen LogP contribution in [-0.2, 0) is 0 Å². The van der Waals surface area contributed by atoms with Crippen LogP contribution in [0.15, 0.2) is 0 Å². The van der Waals surface area contributed by atoms with E-state index >= 15 is 0 Å². The van der Waals surface area contributed by atoms with Gasteiger partial charge in [-0.25, -0.2) is 4.39 Å². The lowest BCUT2D eigenvalue weighted by molar-refractivity contribution is 0.0697. The van der Waals surface area contributed by atoms with E-state index in [0.717, 1.165) is 32.2 Å². The zero-order valence-electron chi connectivity index (χ0n) is 8.28. The molecule has 3 unspecified atom stereocenters. The molecule has 0 spiro atoms. The van der Waals surface area contributed by atoms with E-state index in [4.69, 9.17) is 0 Å². The van der Waals surface area contributed by atoms with E-state index in [0.29, 0.717) is 12.6 Å². The molecule has 13 heavy (non-hydrogen) atoms. The minimum atomic E-state index is -0.983. The maximum atomic E-state index is 14.3. The van der Waals surface area contributed by atoms with Crippen LogP contribution in [0, 0.1) is 0 Å². The fraction of sp³-hybridized carbons (Fsp3) is 1.00. The molecule has 2 heterocycles. The molecule has 3 atom stereocenters. The van der Waals surface area contributed by atoms with E-state index in [1.807, 2.05) is 0 Å². The predicted molar refractivity (Wildman–Crippen MR) is 51.6 cm³/mol. The highest BCUT2D eigenvalue weighted by Crippen LogP contribution is 2.31. The smallest absolute Gasteiger partial charge is 0.138 e. The third-order valence-electron chi connectivity index (χ3n) is 3.42. The van der Waals surface area contributed by atoms with Crippen LogP contribution in [0.5, 0.6) is 0 Å². The number of nitrogens with one attached hydrogen (secondary N) is 2. The van der Waals surface area contributed by atoms with Gasteiger partial charge in [-0.15, -0.1) is 0 Å². The molecule has 0 radical (unpaired) electrons. The van der Waals surface area contributed by atoms with E-state index in [1.54, 1.807) is 0 Å². The SMILES string of the molecule is CC1CCC(F)(C2CCCN2)CN1. The lowest BCUT2D eigenvalue weighted by Crippen LogP contribution is -2.55. The van der Waals surface area contributed by atoms with Crippen LogP contribution in [0.4, 0.5) is 4.39 Å². The van der Waals surface area contributed by atoms with Gasteiger partial charge in [-0.3, -0.25) is 0 Å². The van der Waals surface area contributed by atoms with Gasteiger partial charge in [-0.05, 0) is 39.2 Å². The van der Waals surface area contributed by atoms with Crippen molar-refractivity contribution in [1.82, 2.24) is 10.6 Å². The summed E-state index contributed by atoms with van der Waals surface area (Å²) in [5, 5.41) is 6.50. The average Bonchev–Trinajstić information content (AvgIpc) is 2.63. The van der Waals surface area contributed by atoms with Gasteiger partial charge in [0.1, 0.15) is 5.67 Å². The molecule has 2 rings (SSSR count). The molecule has 3 heteroatoms. The van der Waals surface area contributed by atoms with Crippen molar-refractivity contribution in [2.45, 2.75) is 50.4 Å². The molecule has 0 aromatic rings. The maximum Gasteiger partial charge on any atom is 0.138 e. The predicted octanol–water partition coefficient (Wildman–Crippen LogP) is 1.22. The minimum Gasteiger partial charge on any atom is -0.311 e. The fourth-order valence-corrected chi connectivity index (χ4v) is 2.41. The van der Waals surface area contributed by atoms with Crippen molar-refractivity contribution in [3.63, 3.8) is 0 Å². The minimum absolute atomic E-state index is 0.104. The molecular formula is C10H19FN2. The highest BCUT2D eigenvalue weighted by Gasteiger charge is 2.42. The van der Waals surface area contributed by atoms with Crippen LogP contribution < -0.4 is 10.6 Å². The van der Waals surface area contributed by atoms with Crippen molar-refractivity contribution < 1.29 is 4.39 Å². The normalized spacial score (nSPS) is 46.6. The second-order valence-electron chi connectivity index (χ2n) is 4.50. The number of hydrogen-bond acceptors (Lipinski definition) is 2. The second-order valence-corrected chi connectivity index (χ2v) is 4.50. The number of alkyl halides is 1. The average molecular weight is 186 g/mol. The summed E-state index contributed by atoms with van der Waals surface area (Å²) in [5.74, 6) is 0. The van der Waals surface area contributed by atoms with Crippen molar-refractivity contribution in [3.8, 4) is 0 Å². The van der Waals surface area contributed by atoms with Gasteiger partial charge in [0.15, 0.2) is 0 Å². The van der Waals surface area contributed by atoms with Gasteiger partial charge in [-0.1, -0.05) is 0 Å². The van der Waals surface area contributed by atoms with Gasteiger partial charge >= 0.3 is 0 Å². The topological polar surface area (TPSA) is 24.1 Å². The summed E-state index contributed by atoms with van der Waals surface area (Å²) in [5.41, 5.74) is -0.983. The molecule has 0 aromatic carbocycles. The van der Waals surface area contributed by atoms with Crippen molar-refractivity contribution in [2.24, 2.45) is 0 Å². The quantitative estimate of drug-likeness (QED) is 0.643. The molecule has 0 aromatic heterocycles. The monoisotopic (exact) mass is 186 g/mol. The van der Waals surface area contributed by atoms with E-state index in [9.17, 15) is 4.39 Å². The van der Waals surface area contributed by atoms with Crippen LogP contribution in [0.1, 0.15) is 32.6 Å². The van der Waals surface area contributed by atoms with Gasteiger partial charge in [0.25, 0.3) is 0 Å². The lowest BCUT2D eigenvalue weighted by atomic mass is 9.85. The van der Waals surface area contributed by atoms with E-state index in [2.05, 4.69) is 17.6 Å². The Labute approximate surface area is 79.3 Å². The third-order valence-corrected chi connectivity index (χ3v) is 3.42. The van der Waals surface area contributed by atoms with Gasteiger partial charge in [0.05, 0.1) is 0 Å². The zero-order valence-corrected chi connectivity index (χ0v) is 8.28. The molecule has 0 bridgehead atoms. The third kappa shape index (κ3) is 1.86. The number of hydrogen-bond donors (Lipinski definition) is 2. The van der Waals surface area contributed by atoms with E-state index in [1.165, 1.54) is 0 Å². The van der Waals surface area contributed by atoms with Crippen LogP contribution in [0.3, 0.4) is 0 Å². The van der Waals surface area contributed by atoms with Crippen molar-refractivity contribution in [1.29, 1.82) is 0 Å². The molecule has 2 saturated heterocycles. The van der Waals surface area contributed by atoms with E-state index in [-0.39, 0.29) is 6.04 Å². The van der Waals surface area contributed by atoms with Crippen molar-refractivity contribution in [2.75, 3.05) is 13.1 Å². The summed E-state index contributed by atoms with van der Waals surface area (Å²) in [4.78, 5) is 0.